The number of ether oxygens (including phenoxy) is 8. The van der Waals surface area contributed by atoms with Crippen LogP contribution in [0.25, 0.3) is 67.8 Å². The molecule has 12 nitrogen and oxygen atoms in total. The van der Waals surface area contributed by atoms with Crippen LogP contribution in [0.2, 0.25) is 0 Å². The van der Waals surface area contributed by atoms with Gasteiger partial charge in [-0.3, -0.25) is 0 Å². The van der Waals surface area contributed by atoms with E-state index in [-0.39, 0.29) is 0 Å². The van der Waals surface area contributed by atoms with E-state index in [9.17, 15) is 0 Å². The third-order valence-corrected chi connectivity index (χ3v) is 12.1. The van der Waals surface area contributed by atoms with Crippen LogP contribution in [-0.2, 0) is 25.7 Å². The summed E-state index contributed by atoms with van der Waals surface area (Å²) < 4.78 is 45.2. The fourth-order valence-electron chi connectivity index (χ4n) is 8.63. The van der Waals surface area contributed by atoms with Gasteiger partial charge in [-0.1, -0.05) is 72.3 Å². The zero-order valence-electron chi connectivity index (χ0n) is 38.3. The first-order valence-electron chi connectivity index (χ1n) is 21.5. The minimum Gasteiger partial charge on any atom is -0.493 e. The van der Waals surface area contributed by atoms with Crippen LogP contribution < -0.4 is 47.9 Å². The molecule has 0 atom stereocenters. The quantitative estimate of drug-likeness (QED) is 0.103. The van der Waals surface area contributed by atoms with E-state index in [2.05, 4.69) is 36.4 Å². The highest BCUT2D eigenvalue weighted by Crippen LogP contribution is 2.43. The molecule has 2 heterocycles. The highest BCUT2D eigenvalue weighted by molar-refractivity contribution is 5.85. The lowest BCUT2D eigenvalue weighted by Crippen LogP contribution is -2.03. The van der Waals surface area contributed by atoms with Crippen LogP contribution in [0.5, 0.6) is 46.0 Å². The van der Waals surface area contributed by atoms with E-state index in [0.29, 0.717) is 93.3 Å². The number of hydrogen-bond acceptors (Lipinski definition) is 10. The number of rotatable bonds is 14. The lowest BCUT2D eigenvalue weighted by molar-refractivity contribution is 0.355. The van der Waals surface area contributed by atoms with Crippen molar-refractivity contribution in [2.45, 2.75) is 25.7 Å². The van der Waals surface area contributed by atoms with Crippen LogP contribution in [0.1, 0.15) is 22.3 Å². The molecule has 12 heteroatoms. The lowest BCUT2D eigenvalue weighted by Gasteiger charge is -2.19. The average molecular weight is 883 g/mol. The largest absolute Gasteiger partial charge is 0.493 e. The van der Waals surface area contributed by atoms with E-state index in [1.54, 1.807) is 56.9 Å². The molecule has 2 aromatic heterocycles. The molecule has 4 bridgehead atoms. The number of methoxy groups -OCH3 is 8. The zero-order chi connectivity index (χ0) is 45.9. The Morgan fingerprint density at radius 3 is 0.985 bits per heavy atom. The van der Waals surface area contributed by atoms with Crippen molar-refractivity contribution in [3.8, 4) is 114 Å². The van der Waals surface area contributed by atoms with E-state index < -0.39 is 0 Å². The molecule has 4 aliphatic carbocycles. The second-order valence-electron chi connectivity index (χ2n) is 15.8. The zero-order valence-corrected chi connectivity index (χ0v) is 38.3. The third-order valence-electron chi connectivity index (χ3n) is 12.1. The molecular formula is C54H50N4O8-2. The van der Waals surface area contributed by atoms with Crippen molar-refractivity contribution in [3.05, 3.63) is 131 Å². The highest BCUT2D eigenvalue weighted by Gasteiger charge is 2.18. The van der Waals surface area contributed by atoms with Gasteiger partial charge in [-0.25, -0.2) is 0 Å². The topological polar surface area (TPSA) is 128 Å². The van der Waals surface area contributed by atoms with Crippen molar-refractivity contribution in [1.29, 1.82) is 0 Å². The Kier molecular flexibility index (Phi) is 12.3. The number of aromatic nitrogens is 4. The van der Waals surface area contributed by atoms with E-state index in [4.69, 9.17) is 57.8 Å². The molecule has 0 spiro atoms. The van der Waals surface area contributed by atoms with Gasteiger partial charge in [0, 0.05) is 0 Å². The maximum atomic E-state index is 5.73. The van der Waals surface area contributed by atoms with E-state index in [0.717, 1.165) is 57.3 Å². The van der Waals surface area contributed by atoms with Crippen LogP contribution in [-0.4, -0.2) is 66.8 Å². The summed E-state index contributed by atoms with van der Waals surface area (Å²) in [6.07, 6.45) is 3.01. The predicted molar refractivity (Wildman–Crippen MR) is 255 cm³/mol. The van der Waals surface area contributed by atoms with Gasteiger partial charge in [-0.2, -0.15) is 0 Å². The van der Waals surface area contributed by atoms with Crippen molar-refractivity contribution in [3.63, 3.8) is 0 Å². The maximum Gasteiger partial charge on any atom is 0.161 e. The fraction of sp³-hybridized carbons (Fsp3) is 0.222. The minimum atomic E-state index is 0.594. The first kappa shape index (κ1) is 43.4. The monoisotopic (exact) mass is 882 g/mol. The Morgan fingerprint density at radius 1 is 0.333 bits per heavy atom. The SMILES string of the molecule is COc1ccc(-c2nc(-c3cc4ccc3CCc3ccc(cc3-c3nc(-c5ccc(OC)c(OC)c5)c(-c5ccc(OC)c(OC)c5)[n-]3)CC4)[n-]c2-c2ccc(OC)c(OC)c2)cc1OC. The molecule has 0 saturated carbocycles. The van der Waals surface area contributed by atoms with Gasteiger partial charge in [-0.15, -0.1) is 0 Å². The molecular weight excluding hydrogens is 833 g/mol. The van der Waals surface area contributed by atoms with Gasteiger partial charge in [-0.05, 0) is 153 Å². The molecule has 0 N–H and O–H groups in total. The van der Waals surface area contributed by atoms with Crippen molar-refractivity contribution < 1.29 is 37.9 Å². The summed E-state index contributed by atoms with van der Waals surface area (Å²) in [5, 5.41) is 0. The van der Waals surface area contributed by atoms with Crippen LogP contribution in [0, 0.1) is 0 Å². The summed E-state index contributed by atoms with van der Waals surface area (Å²) in [6.45, 7) is 0. The molecule has 0 aliphatic heterocycles. The van der Waals surface area contributed by atoms with Crippen LogP contribution in [0.15, 0.2) is 109 Å². The molecule has 12 rings (SSSR count). The fourth-order valence-corrected chi connectivity index (χ4v) is 8.63. The molecule has 0 radical (unpaired) electrons. The van der Waals surface area contributed by atoms with Crippen LogP contribution >= 0.6 is 0 Å². The molecule has 8 aromatic rings. The van der Waals surface area contributed by atoms with E-state index >= 15 is 0 Å². The average Bonchev–Trinajstić information content (AvgIpc) is 4.02. The molecule has 66 heavy (non-hydrogen) atoms. The maximum absolute atomic E-state index is 5.73. The second kappa shape index (κ2) is 18.7. The Bertz CT molecular complexity index is 2710. The van der Waals surface area contributed by atoms with Crippen molar-refractivity contribution >= 4 is 0 Å². The van der Waals surface area contributed by atoms with Gasteiger partial charge in [0.25, 0.3) is 0 Å². The summed E-state index contributed by atoms with van der Waals surface area (Å²) in [5.74, 6) is 6.13. The molecule has 0 unspecified atom stereocenters. The number of imidazole rings is 2. The molecule has 336 valence electrons. The summed E-state index contributed by atoms with van der Waals surface area (Å²) in [7, 11) is 13.0. The van der Waals surface area contributed by atoms with Crippen molar-refractivity contribution in [1.82, 2.24) is 19.9 Å². The Hall–Kier alpha value is -7.86. The van der Waals surface area contributed by atoms with Crippen molar-refractivity contribution in [2.75, 3.05) is 56.9 Å². The van der Waals surface area contributed by atoms with Crippen molar-refractivity contribution in [2.24, 2.45) is 0 Å². The molecule has 0 saturated heterocycles. The lowest BCUT2D eigenvalue weighted by atomic mass is 9.90. The summed E-state index contributed by atoms with van der Waals surface area (Å²) in [6, 6.07) is 36.6. The standard InChI is InChI=1S/C54H50N4O8/c1-59-41-21-17-35(27-45(41)63-5)49-50(36-18-22-42(60-2)46(28-36)64-6)56-53(55-49)39-25-31-9-10-32-12-14-34(16-15-33(39)13-11-31)40(26-32)54-57-51(37-19-23-43(61-3)47(29-37)65-7)52(58-54)38-20-24-44(62-4)48(30-38)66-8/h11-14,17-30H,9-10,15-16H2,1-8H3/q-2. The molecule has 4 aliphatic rings. The van der Waals surface area contributed by atoms with Gasteiger partial charge in [0.05, 0.1) is 56.9 Å². The number of aryl methyl sites for hydroxylation is 4. The van der Waals surface area contributed by atoms with Crippen LogP contribution in [0.3, 0.4) is 0 Å². The third kappa shape index (κ3) is 8.22. The van der Waals surface area contributed by atoms with Gasteiger partial charge in [0.1, 0.15) is 0 Å². The minimum absolute atomic E-state index is 0.594. The van der Waals surface area contributed by atoms with E-state index in [1.807, 2.05) is 72.8 Å². The summed E-state index contributed by atoms with van der Waals surface area (Å²) in [5.41, 5.74) is 12.7. The summed E-state index contributed by atoms with van der Waals surface area (Å²) in [4.78, 5) is 21.3. The van der Waals surface area contributed by atoms with E-state index in [1.165, 1.54) is 11.1 Å². The van der Waals surface area contributed by atoms with Gasteiger partial charge in [0.2, 0.25) is 0 Å². The summed E-state index contributed by atoms with van der Waals surface area (Å²) >= 11 is 0. The molecule has 0 amide bonds. The van der Waals surface area contributed by atoms with Gasteiger partial charge in [0.15, 0.2) is 46.0 Å². The molecule has 6 aromatic carbocycles. The smallest absolute Gasteiger partial charge is 0.161 e. The number of hydrogen-bond donors (Lipinski definition) is 0. The number of benzene rings is 6. The first-order valence-corrected chi connectivity index (χ1v) is 21.5. The van der Waals surface area contributed by atoms with Gasteiger partial charge >= 0.3 is 0 Å². The predicted octanol–water partition coefficient (Wildman–Crippen LogP) is 10.3. The highest BCUT2D eigenvalue weighted by atomic mass is 16.5. The van der Waals surface area contributed by atoms with Gasteiger partial charge < -0.3 is 57.8 Å². The molecule has 0 fully saturated rings. The normalized spacial score (nSPS) is 12.0. The Morgan fingerprint density at radius 2 is 0.652 bits per heavy atom. The number of nitrogens with zero attached hydrogens (tertiary/aromatic N) is 4. The second-order valence-corrected chi connectivity index (χ2v) is 15.8. The Labute approximate surface area is 384 Å². The Balaban J connectivity index is 1.15. The van der Waals surface area contributed by atoms with Crippen LogP contribution in [0.4, 0.5) is 0 Å². The first-order chi connectivity index (χ1) is 32.3.